The van der Waals surface area contributed by atoms with E-state index in [0.717, 1.165) is 12.0 Å². The lowest BCUT2D eigenvalue weighted by atomic mass is 9.83. The Morgan fingerprint density at radius 2 is 1.85 bits per heavy atom. The lowest BCUT2D eigenvalue weighted by molar-refractivity contribution is -0.0286. The first-order valence-corrected chi connectivity index (χ1v) is 10.1. The second-order valence-corrected chi connectivity index (χ2v) is 8.51. The van der Waals surface area contributed by atoms with Crippen LogP contribution in [0, 0.1) is 5.92 Å². The third kappa shape index (κ3) is 8.31. The molecule has 0 heterocycles. The Balaban J connectivity index is 2.01. The first kappa shape index (κ1) is 21.7. The number of hydrogen-bond acceptors (Lipinski definition) is 4. The third-order valence-electron chi connectivity index (χ3n) is 4.95. The Labute approximate surface area is 163 Å². The van der Waals surface area contributed by atoms with E-state index in [1.54, 1.807) is 0 Å². The van der Waals surface area contributed by atoms with E-state index in [1.165, 1.54) is 32.1 Å². The van der Waals surface area contributed by atoms with Crippen molar-refractivity contribution in [1.29, 1.82) is 0 Å². The molecule has 0 aromatic heterocycles. The molecule has 0 aliphatic heterocycles. The van der Waals surface area contributed by atoms with E-state index in [-0.39, 0.29) is 12.6 Å². The summed E-state index contributed by atoms with van der Waals surface area (Å²) in [6.45, 7) is 5.80. The molecule has 1 aliphatic rings. The average molecular weight is 378 g/mol. The maximum Gasteiger partial charge on any atom is 0.407 e. The number of hydrogen-bond donors (Lipinski definition) is 2. The SMILES string of the molecule is CC(C)(C)OC(=O)NC(CC1CCCCC1)C(CO)OCc1ccccc1. The first-order chi connectivity index (χ1) is 12.9. The van der Waals surface area contributed by atoms with E-state index in [9.17, 15) is 9.90 Å². The van der Waals surface area contributed by atoms with Gasteiger partial charge < -0.3 is 19.9 Å². The zero-order valence-electron chi connectivity index (χ0n) is 16.9. The van der Waals surface area contributed by atoms with Crippen LogP contribution in [0.3, 0.4) is 0 Å². The molecular weight excluding hydrogens is 342 g/mol. The minimum absolute atomic E-state index is 0.139. The molecular formula is C22H35NO4. The van der Waals surface area contributed by atoms with Crippen LogP contribution >= 0.6 is 0 Å². The Hall–Kier alpha value is -1.59. The highest BCUT2D eigenvalue weighted by Crippen LogP contribution is 2.28. The molecule has 5 nitrogen and oxygen atoms in total. The van der Waals surface area contributed by atoms with E-state index < -0.39 is 17.8 Å². The molecule has 2 atom stereocenters. The highest BCUT2D eigenvalue weighted by atomic mass is 16.6. The predicted molar refractivity (Wildman–Crippen MR) is 106 cm³/mol. The van der Waals surface area contributed by atoms with Gasteiger partial charge in [-0.2, -0.15) is 0 Å². The molecule has 1 aromatic carbocycles. The molecule has 152 valence electrons. The fraction of sp³-hybridized carbons (Fsp3) is 0.682. The molecule has 1 amide bonds. The molecule has 2 unspecified atom stereocenters. The summed E-state index contributed by atoms with van der Waals surface area (Å²) in [6, 6.07) is 9.60. The average Bonchev–Trinajstić information content (AvgIpc) is 2.62. The largest absolute Gasteiger partial charge is 0.444 e. The highest BCUT2D eigenvalue weighted by molar-refractivity contribution is 5.68. The molecule has 27 heavy (non-hydrogen) atoms. The Bertz CT molecular complexity index is 549. The van der Waals surface area contributed by atoms with E-state index in [2.05, 4.69) is 5.32 Å². The highest BCUT2D eigenvalue weighted by Gasteiger charge is 2.29. The Morgan fingerprint density at radius 1 is 1.19 bits per heavy atom. The van der Waals surface area contributed by atoms with E-state index in [0.29, 0.717) is 12.5 Å². The van der Waals surface area contributed by atoms with E-state index >= 15 is 0 Å². The number of nitrogens with one attached hydrogen (secondary N) is 1. The summed E-state index contributed by atoms with van der Waals surface area (Å²) in [5.74, 6) is 0.549. The summed E-state index contributed by atoms with van der Waals surface area (Å²) < 4.78 is 11.4. The van der Waals surface area contributed by atoms with E-state index in [1.807, 2.05) is 51.1 Å². The second kappa shape index (κ2) is 10.7. The number of amides is 1. The predicted octanol–water partition coefficient (Wildman–Crippen LogP) is 4.43. The second-order valence-electron chi connectivity index (χ2n) is 8.51. The van der Waals surface area contributed by atoms with Crippen LogP contribution in [0.15, 0.2) is 30.3 Å². The zero-order chi connectivity index (χ0) is 19.7. The minimum atomic E-state index is -0.556. The summed E-state index contributed by atoms with van der Waals surface area (Å²) in [5, 5.41) is 12.9. The molecule has 0 saturated heterocycles. The number of carbonyl (C=O) groups excluding carboxylic acids is 1. The third-order valence-corrected chi connectivity index (χ3v) is 4.95. The van der Waals surface area contributed by atoms with Gasteiger partial charge in [-0.3, -0.25) is 0 Å². The monoisotopic (exact) mass is 377 g/mol. The summed E-state index contributed by atoms with van der Waals surface area (Å²) >= 11 is 0. The summed E-state index contributed by atoms with van der Waals surface area (Å²) in [4.78, 5) is 12.3. The molecule has 1 aliphatic carbocycles. The van der Waals surface area contributed by atoms with Gasteiger partial charge in [0.15, 0.2) is 0 Å². The van der Waals surface area contributed by atoms with Crippen molar-refractivity contribution in [1.82, 2.24) is 5.32 Å². The molecule has 2 N–H and O–H groups in total. The lowest BCUT2D eigenvalue weighted by Gasteiger charge is -2.32. The van der Waals surface area contributed by atoms with Crippen molar-refractivity contribution < 1.29 is 19.4 Å². The van der Waals surface area contributed by atoms with Gasteiger partial charge in [-0.05, 0) is 38.7 Å². The van der Waals surface area contributed by atoms with Crippen molar-refractivity contribution in [2.24, 2.45) is 5.92 Å². The van der Waals surface area contributed by atoms with Gasteiger partial charge in [0.2, 0.25) is 0 Å². The lowest BCUT2D eigenvalue weighted by Crippen LogP contribution is -2.48. The summed E-state index contributed by atoms with van der Waals surface area (Å²) in [7, 11) is 0. The van der Waals surface area contributed by atoms with Gasteiger partial charge in [-0.25, -0.2) is 4.79 Å². The number of rotatable bonds is 8. The molecule has 0 radical (unpaired) electrons. The quantitative estimate of drug-likeness (QED) is 0.703. The smallest absolute Gasteiger partial charge is 0.407 e. The van der Waals surface area contributed by atoms with Gasteiger partial charge in [0, 0.05) is 0 Å². The van der Waals surface area contributed by atoms with E-state index in [4.69, 9.17) is 9.47 Å². The summed E-state index contributed by atoms with van der Waals surface area (Å²) in [6.07, 6.45) is 5.99. The number of alkyl carbamates (subject to hydrolysis) is 1. The molecule has 1 fully saturated rings. The first-order valence-electron chi connectivity index (χ1n) is 10.1. The Morgan fingerprint density at radius 3 is 2.44 bits per heavy atom. The van der Waals surface area contributed by atoms with Crippen molar-refractivity contribution in [3.05, 3.63) is 35.9 Å². The van der Waals surface area contributed by atoms with Crippen LogP contribution in [0.4, 0.5) is 4.79 Å². The fourth-order valence-corrected chi connectivity index (χ4v) is 3.62. The van der Waals surface area contributed by atoms with Gasteiger partial charge in [0.25, 0.3) is 0 Å². The van der Waals surface area contributed by atoms with Gasteiger partial charge in [-0.1, -0.05) is 62.4 Å². The normalized spacial score (nSPS) is 17.9. The van der Waals surface area contributed by atoms with Gasteiger partial charge in [-0.15, -0.1) is 0 Å². The number of carbonyl (C=O) groups is 1. The van der Waals surface area contributed by atoms with Crippen molar-refractivity contribution >= 4 is 6.09 Å². The number of aliphatic hydroxyl groups is 1. The number of benzene rings is 1. The van der Waals surface area contributed by atoms with Gasteiger partial charge >= 0.3 is 6.09 Å². The van der Waals surface area contributed by atoms with Crippen molar-refractivity contribution in [2.45, 2.75) is 83.6 Å². The molecule has 0 spiro atoms. The van der Waals surface area contributed by atoms with Crippen LogP contribution in [-0.4, -0.2) is 35.6 Å². The fourth-order valence-electron chi connectivity index (χ4n) is 3.62. The topological polar surface area (TPSA) is 67.8 Å². The standard InChI is InChI=1S/C22H35NO4/c1-22(2,3)27-21(25)23-19(14-17-10-6-4-7-11-17)20(15-24)26-16-18-12-8-5-9-13-18/h5,8-9,12-13,17,19-20,24H,4,6-7,10-11,14-16H2,1-3H3,(H,23,25). The van der Waals surface area contributed by atoms with Gasteiger partial charge in [0.05, 0.1) is 19.3 Å². The van der Waals surface area contributed by atoms with Crippen LogP contribution in [0.1, 0.15) is 64.9 Å². The van der Waals surface area contributed by atoms with Crippen molar-refractivity contribution in [3.8, 4) is 0 Å². The maximum atomic E-state index is 12.3. The van der Waals surface area contributed by atoms with Crippen LogP contribution in [-0.2, 0) is 16.1 Å². The summed E-state index contributed by atoms with van der Waals surface area (Å²) in [5.41, 5.74) is 0.489. The zero-order valence-corrected chi connectivity index (χ0v) is 16.9. The van der Waals surface area contributed by atoms with Crippen LogP contribution < -0.4 is 5.32 Å². The molecule has 1 aromatic rings. The molecule has 2 rings (SSSR count). The van der Waals surface area contributed by atoms with Crippen LogP contribution in [0.2, 0.25) is 0 Å². The van der Waals surface area contributed by atoms with Gasteiger partial charge in [0.1, 0.15) is 11.7 Å². The Kier molecular flexibility index (Phi) is 8.58. The number of aliphatic hydroxyl groups excluding tert-OH is 1. The van der Waals surface area contributed by atoms with Crippen LogP contribution in [0.25, 0.3) is 0 Å². The maximum absolute atomic E-state index is 12.3. The number of ether oxygens (including phenoxy) is 2. The minimum Gasteiger partial charge on any atom is -0.444 e. The van der Waals surface area contributed by atoms with Crippen LogP contribution in [0.5, 0.6) is 0 Å². The molecule has 5 heteroatoms. The van der Waals surface area contributed by atoms with Crippen molar-refractivity contribution in [3.63, 3.8) is 0 Å². The van der Waals surface area contributed by atoms with Crippen molar-refractivity contribution in [2.75, 3.05) is 6.61 Å². The molecule has 1 saturated carbocycles. The molecule has 0 bridgehead atoms.